The van der Waals surface area contributed by atoms with Crippen LogP contribution in [0.1, 0.15) is 0 Å². The molecule has 0 aliphatic carbocycles. The molecule has 9 heteroatoms. The van der Waals surface area contributed by atoms with Crippen molar-refractivity contribution in [3.8, 4) is 0 Å². The number of hydrogen-bond acceptors (Lipinski definition) is 6. The zero-order valence-electron chi connectivity index (χ0n) is 5.05. The van der Waals surface area contributed by atoms with E-state index in [0.29, 0.717) is 0 Å². The summed E-state index contributed by atoms with van der Waals surface area (Å²) < 4.78 is 26.4. The van der Waals surface area contributed by atoms with Gasteiger partial charge >= 0.3 is 46.1 Å². The molecule has 0 rings (SSSR count). The molecule has 0 aromatic rings. The van der Waals surface area contributed by atoms with Crippen molar-refractivity contribution in [2.24, 2.45) is 0 Å². The number of hydrogen-bond donors (Lipinski definition) is 0. The summed E-state index contributed by atoms with van der Waals surface area (Å²) in [6.45, 7) is -0.780. The second kappa shape index (κ2) is 8.14. The van der Waals surface area contributed by atoms with Gasteiger partial charge in [0.1, 0.15) is 0 Å². The van der Waals surface area contributed by atoms with Crippen molar-refractivity contribution in [2.75, 3.05) is 6.79 Å². The number of rotatable bonds is 4. The summed E-state index contributed by atoms with van der Waals surface area (Å²) in [5.41, 5.74) is 0. The Morgan fingerprint density at radius 1 is 1.10 bits per heavy atom. The average Bonchev–Trinajstić information content (AvgIpc) is 1.63. The van der Waals surface area contributed by atoms with Crippen LogP contribution in [0.4, 0.5) is 0 Å². The van der Waals surface area contributed by atoms with Crippen LogP contribution < -0.4 is 39.3 Å². The van der Waals surface area contributed by atoms with Crippen LogP contribution in [0.15, 0.2) is 0 Å². The zero-order valence-corrected chi connectivity index (χ0v) is 8.84. The molecule has 2 atom stereocenters. The average molecular weight is 195 g/mol. The third-order valence-corrected chi connectivity index (χ3v) is 0.949. The van der Waals surface area contributed by atoms with Gasteiger partial charge in [-0.2, -0.15) is 0 Å². The molecule has 0 aliphatic heterocycles. The molecule has 0 aliphatic rings. The topological polar surface area (TPSA) is 98.7 Å². The molecule has 0 aromatic carbocycles. The maximum Gasteiger partial charge on any atom is 1.00 e. The first-order valence-corrected chi connectivity index (χ1v) is 3.86. The Kier molecular flexibility index (Phi) is 11.1. The van der Waals surface area contributed by atoms with Gasteiger partial charge in [0, 0.05) is 0 Å². The molecule has 0 aromatic heterocycles. The van der Waals surface area contributed by atoms with Crippen molar-refractivity contribution in [2.45, 2.75) is 0 Å². The van der Waals surface area contributed by atoms with Crippen molar-refractivity contribution in [3.05, 3.63) is 0 Å². The van der Waals surface area contributed by atoms with Gasteiger partial charge in [-0.1, -0.05) is 0 Å². The van der Waals surface area contributed by atoms with Crippen LogP contribution in [-0.2, 0) is 18.2 Å². The maximum atomic E-state index is 9.52. The van der Waals surface area contributed by atoms with Gasteiger partial charge in [-0.15, -0.1) is 9.05 Å². The first-order valence-electron chi connectivity index (χ1n) is 1.67. The van der Waals surface area contributed by atoms with Crippen LogP contribution in [0.5, 0.6) is 0 Å². The first kappa shape index (κ1) is 13.6. The molecule has 2 unspecified atom stereocenters. The minimum absolute atomic E-state index is 0. The Morgan fingerprint density at radius 3 is 1.60 bits per heavy atom. The van der Waals surface area contributed by atoms with E-state index in [9.17, 15) is 18.9 Å². The van der Waals surface area contributed by atoms with E-state index < -0.39 is 23.3 Å². The smallest absolute Gasteiger partial charge is 0.566 e. The fraction of sp³-hybridized carbons (Fsp3) is 1.00. The molecule has 10 heavy (non-hydrogen) atoms. The second-order valence-electron chi connectivity index (χ2n) is 0.823. The van der Waals surface area contributed by atoms with Gasteiger partial charge in [0.2, 0.25) is 0 Å². The molecular formula is CH2NaO6P2+. The van der Waals surface area contributed by atoms with Crippen LogP contribution in [0.25, 0.3) is 0 Å². The summed E-state index contributed by atoms with van der Waals surface area (Å²) in [4.78, 5) is 19.0. The summed E-state index contributed by atoms with van der Waals surface area (Å²) >= 11 is 0. The third kappa shape index (κ3) is 11.8. The van der Waals surface area contributed by atoms with Crippen molar-refractivity contribution in [1.82, 2.24) is 0 Å². The quantitative estimate of drug-likeness (QED) is 0.257. The van der Waals surface area contributed by atoms with Gasteiger partial charge in [0.25, 0.3) is 6.79 Å². The fourth-order valence-corrected chi connectivity index (χ4v) is 0.470. The van der Waals surface area contributed by atoms with E-state index in [4.69, 9.17) is 0 Å². The molecule has 6 nitrogen and oxygen atoms in total. The van der Waals surface area contributed by atoms with E-state index in [1.54, 1.807) is 0 Å². The molecule has 0 amide bonds. The van der Waals surface area contributed by atoms with E-state index in [2.05, 4.69) is 9.05 Å². The van der Waals surface area contributed by atoms with Crippen molar-refractivity contribution in [3.63, 3.8) is 0 Å². The van der Waals surface area contributed by atoms with Gasteiger partial charge in [-0.25, -0.2) is 0 Å². The summed E-state index contributed by atoms with van der Waals surface area (Å²) in [6, 6.07) is 0. The third-order valence-electron chi connectivity index (χ3n) is 0.316. The van der Waals surface area contributed by atoms with Crippen molar-refractivity contribution < 1.29 is 57.5 Å². The molecule has 0 spiro atoms. The van der Waals surface area contributed by atoms with E-state index >= 15 is 0 Å². The Morgan fingerprint density at radius 2 is 1.40 bits per heavy atom. The molecule has 0 radical (unpaired) electrons. The minimum atomic E-state index is -3.02. The molecule has 0 bridgehead atoms. The minimum Gasteiger partial charge on any atom is -0.566 e. The molecule has 0 heterocycles. The molecule has 0 saturated heterocycles. The Bertz CT molecular complexity index is 111. The summed E-state index contributed by atoms with van der Waals surface area (Å²) in [6.07, 6.45) is 0. The fourth-order valence-electron chi connectivity index (χ4n) is 0.110. The Labute approximate surface area is 80.7 Å². The summed E-state index contributed by atoms with van der Waals surface area (Å²) in [5.74, 6) is 0. The van der Waals surface area contributed by atoms with E-state index in [1.165, 1.54) is 0 Å². The van der Waals surface area contributed by atoms with Crippen LogP contribution >= 0.6 is 16.5 Å². The van der Waals surface area contributed by atoms with Crippen molar-refractivity contribution in [1.29, 1.82) is 0 Å². The van der Waals surface area contributed by atoms with Crippen LogP contribution in [-0.4, -0.2) is 6.79 Å². The van der Waals surface area contributed by atoms with Crippen LogP contribution in [0.3, 0.4) is 0 Å². The van der Waals surface area contributed by atoms with E-state index in [0.717, 1.165) is 0 Å². The van der Waals surface area contributed by atoms with Crippen LogP contribution in [0, 0.1) is 0 Å². The van der Waals surface area contributed by atoms with Crippen molar-refractivity contribution >= 4 is 16.5 Å². The van der Waals surface area contributed by atoms with Gasteiger partial charge in [-0.05, 0) is 9.13 Å². The van der Waals surface area contributed by atoms with E-state index in [1.807, 2.05) is 0 Å². The maximum absolute atomic E-state index is 9.52. The molecule has 52 valence electrons. The predicted octanol–water partition coefficient (Wildman–Crippen LogP) is -3.98. The molecule has 0 N–H and O–H groups in total. The Hall–Kier alpha value is 1.04. The van der Waals surface area contributed by atoms with Gasteiger partial charge in [0.05, 0.1) is 0 Å². The van der Waals surface area contributed by atoms with Gasteiger partial charge in [-0.3, -0.25) is 0 Å². The van der Waals surface area contributed by atoms with Gasteiger partial charge < -0.3 is 9.79 Å². The Balaban J connectivity index is 0. The summed E-state index contributed by atoms with van der Waals surface area (Å²) in [5, 5.41) is 0. The standard InChI is InChI=1S/CH2O6P2.Na/c2-8(3)6-1-7-9(4)5;/h1H2;/q;+1. The van der Waals surface area contributed by atoms with Gasteiger partial charge in [0.15, 0.2) is 0 Å². The van der Waals surface area contributed by atoms with Crippen LogP contribution in [0.2, 0.25) is 0 Å². The summed E-state index contributed by atoms with van der Waals surface area (Å²) in [7, 11) is -6.05. The largest absolute Gasteiger partial charge is 1.00 e. The van der Waals surface area contributed by atoms with E-state index in [-0.39, 0.29) is 29.6 Å². The SMILES string of the molecule is O=[P+]([O-])OCO[P+](=O)[O-].[Na+]. The molecule has 0 saturated carbocycles. The molecular weight excluding hydrogens is 193 g/mol. The molecule has 0 fully saturated rings. The second-order valence-corrected chi connectivity index (χ2v) is 2.23. The normalized spacial score (nSPS) is 11.8. The zero-order chi connectivity index (χ0) is 7.28. The first-order chi connectivity index (χ1) is 4.13. The monoisotopic (exact) mass is 195 g/mol. The predicted molar refractivity (Wildman–Crippen MR) is 22.2 cm³/mol.